The number of nitrogen functional groups attached to an aromatic ring is 1. The third kappa shape index (κ3) is 2.37. The molecule has 0 saturated carbocycles. The summed E-state index contributed by atoms with van der Waals surface area (Å²) in [6.45, 7) is 0. The van der Waals surface area contributed by atoms with E-state index in [-0.39, 0.29) is 11.7 Å². The number of hydrogen-bond donors (Lipinski definition) is 2. The Morgan fingerprint density at radius 3 is 2.61 bits per heavy atom. The first-order valence-corrected chi connectivity index (χ1v) is 5.19. The average Bonchev–Trinajstić information content (AvgIpc) is 2.40. The van der Waals surface area contributed by atoms with E-state index in [1.807, 2.05) is 12.1 Å². The lowest BCUT2D eigenvalue weighted by molar-refractivity contribution is 0.372. The summed E-state index contributed by atoms with van der Waals surface area (Å²) in [7, 11) is 1.55. The molecule has 2 rings (SSSR count). The molecule has 92 valence electrons. The van der Waals surface area contributed by atoms with E-state index < -0.39 is 0 Å². The molecule has 0 aliphatic rings. The molecule has 0 spiro atoms. The normalized spacial score (nSPS) is 9.83. The highest BCUT2D eigenvalue weighted by Crippen LogP contribution is 2.30. The van der Waals surface area contributed by atoms with Gasteiger partial charge in [-0.05, 0) is 18.2 Å². The van der Waals surface area contributed by atoms with Crippen LogP contribution in [0.4, 0.5) is 0 Å². The van der Waals surface area contributed by atoms with Crippen LogP contribution in [0.15, 0.2) is 36.5 Å². The molecule has 0 fully saturated rings. The van der Waals surface area contributed by atoms with E-state index in [0.29, 0.717) is 17.1 Å². The zero-order chi connectivity index (χ0) is 13.0. The van der Waals surface area contributed by atoms with E-state index in [0.717, 1.165) is 0 Å². The summed E-state index contributed by atoms with van der Waals surface area (Å²) in [5, 5.41) is 15.0. The van der Waals surface area contributed by atoms with Crippen molar-refractivity contribution in [3.05, 3.63) is 42.1 Å². The van der Waals surface area contributed by atoms with E-state index >= 15 is 0 Å². The van der Waals surface area contributed by atoms with E-state index in [4.69, 9.17) is 20.6 Å². The van der Waals surface area contributed by atoms with Crippen molar-refractivity contribution in [2.75, 3.05) is 7.11 Å². The second-order valence-electron chi connectivity index (χ2n) is 3.42. The Balaban J connectivity index is 2.37. The maximum atomic E-state index is 7.44. The molecular formula is C12H12N4O2. The summed E-state index contributed by atoms with van der Waals surface area (Å²) in [4.78, 5) is 0. The van der Waals surface area contributed by atoms with Gasteiger partial charge in [0.25, 0.3) is 0 Å². The summed E-state index contributed by atoms with van der Waals surface area (Å²) >= 11 is 0. The monoisotopic (exact) mass is 244 g/mol. The summed E-state index contributed by atoms with van der Waals surface area (Å²) in [5.74, 6) is 1.10. The molecule has 0 saturated heterocycles. The van der Waals surface area contributed by atoms with E-state index in [1.54, 1.807) is 25.3 Å². The van der Waals surface area contributed by atoms with Crippen molar-refractivity contribution in [2.45, 2.75) is 0 Å². The third-order valence-corrected chi connectivity index (χ3v) is 2.25. The Morgan fingerprint density at radius 1 is 1.22 bits per heavy atom. The summed E-state index contributed by atoms with van der Waals surface area (Å²) in [6, 6.07) is 8.70. The van der Waals surface area contributed by atoms with Crippen LogP contribution < -0.4 is 15.2 Å². The van der Waals surface area contributed by atoms with Crippen molar-refractivity contribution in [1.82, 2.24) is 10.2 Å². The Kier molecular flexibility index (Phi) is 3.38. The van der Waals surface area contributed by atoms with Gasteiger partial charge in [0, 0.05) is 0 Å². The fourth-order valence-electron chi connectivity index (χ4n) is 1.41. The summed E-state index contributed by atoms with van der Waals surface area (Å²) < 4.78 is 10.7. The SMILES string of the molecule is COc1ccccc1Oc1nnccc1C(=N)N. The minimum absolute atomic E-state index is 0.130. The second-order valence-corrected chi connectivity index (χ2v) is 3.42. The Hall–Kier alpha value is -2.63. The minimum Gasteiger partial charge on any atom is -0.493 e. The first kappa shape index (κ1) is 11.8. The van der Waals surface area contributed by atoms with Crippen LogP contribution in [-0.2, 0) is 0 Å². The Bertz CT molecular complexity index is 572. The highest BCUT2D eigenvalue weighted by atomic mass is 16.5. The third-order valence-electron chi connectivity index (χ3n) is 2.25. The van der Waals surface area contributed by atoms with Crippen molar-refractivity contribution in [2.24, 2.45) is 5.73 Å². The lowest BCUT2D eigenvalue weighted by Gasteiger charge is -2.10. The number of ether oxygens (including phenoxy) is 2. The smallest absolute Gasteiger partial charge is 0.250 e. The summed E-state index contributed by atoms with van der Waals surface area (Å²) in [6.07, 6.45) is 1.45. The molecule has 0 aliphatic heterocycles. The van der Waals surface area contributed by atoms with Gasteiger partial charge in [0.2, 0.25) is 5.88 Å². The standard InChI is InChI=1S/C12H12N4O2/c1-17-9-4-2-3-5-10(9)18-12-8(11(13)14)6-7-15-16-12/h2-7H,1H3,(H3,13,14). The molecule has 2 aromatic rings. The lowest BCUT2D eigenvalue weighted by Crippen LogP contribution is -2.13. The molecule has 0 bridgehead atoms. The highest BCUT2D eigenvalue weighted by Gasteiger charge is 2.11. The van der Waals surface area contributed by atoms with Crippen molar-refractivity contribution in [1.29, 1.82) is 5.41 Å². The average molecular weight is 244 g/mol. The molecule has 0 amide bonds. The zero-order valence-electron chi connectivity index (χ0n) is 9.75. The molecule has 0 atom stereocenters. The number of amidine groups is 1. The number of para-hydroxylation sites is 2. The van der Waals surface area contributed by atoms with E-state index in [2.05, 4.69) is 10.2 Å². The van der Waals surface area contributed by atoms with Gasteiger partial charge < -0.3 is 15.2 Å². The highest BCUT2D eigenvalue weighted by molar-refractivity contribution is 5.96. The van der Waals surface area contributed by atoms with Gasteiger partial charge in [-0.1, -0.05) is 12.1 Å². The number of nitrogens with two attached hydrogens (primary N) is 1. The van der Waals surface area contributed by atoms with Gasteiger partial charge in [-0.2, -0.15) is 5.10 Å². The number of rotatable bonds is 4. The van der Waals surface area contributed by atoms with Crippen LogP contribution in [0.1, 0.15) is 5.56 Å². The lowest BCUT2D eigenvalue weighted by atomic mass is 10.2. The van der Waals surface area contributed by atoms with Crippen molar-refractivity contribution in [3.8, 4) is 17.4 Å². The van der Waals surface area contributed by atoms with Gasteiger partial charge in [-0.15, -0.1) is 5.10 Å². The van der Waals surface area contributed by atoms with Gasteiger partial charge >= 0.3 is 0 Å². The molecule has 6 nitrogen and oxygen atoms in total. The van der Waals surface area contributed by atoms with E-state index in [1.165, 1.54) is 6.20 Å². The predicted molar refractivity (Wildman–Crippen MR) is 66.1 cm³/mol. The number of hydrogen-bond acceptors (Lipinski definition) is 5. The fraction of sp³-hybridized carbons (Fsp3) is 0.0833. The Morgan fingerprint density at radius 2 is 1.94 bits per heavy atom. The Labute approximate surface area is 104 Å². The van der Waals surface area contributed by atoms with Crippen LogP contribution in [0.25, 0.3) is 0 Å². The molecule has 0 aliphatic carbocycles. The number of benzene rings is 1. The largest absolute Gasteiger partial charge is 0.493 e. The minimum atomic E-state index is -0.130. The molecule has 0 unspecified atom stereocenters. The summed E-state index contributed by atoms with van der Waals surface area (Å²) in [5.41, 5.74) is 5.83. The van der Waals surface area contributed by atoms with Gasteiger partial charge in [-0.25, -0.2) is 0 Å². The van der Waals surface area contributed by atoms with Gasteiger partial charge in [0.05, 0.1) is 18.9 Å². The maximum Gasteiger partial charge on any atom is 0.250 e. The van der Waals surface area contributed by atoms with Crippen molar-refractivity contribution >= 4 is 5.84 Å². The van der Waals surface area contributed by atoms with Crippen LogP contribution in [-0.4, -0.2) is 23.1 Å². The van der Waals surface area contributed by atoms with Gasteiger partial charge in [-0.3, -0.25) is 5.41 Å². The molecule has 1 aromatic carbocycles. The first-order valence-electron chi connectivity index (χ1n) is 5.19. The number of methoxy groups -OCH3 is 1. The fourth-order valence-corrected chi connectivity index (χ4v) is 1.41. The topological polar surface area (TPSA) is 94.1 Å². The molecule has 0 radical (unpaired) electrons. The predicted octanol–water partition coefficient (Wildman–Crippen LogP) is 1.56. The van der Waals surface area contributed by atoms with Crippen LogP contribution in [0.5, 0.6) is 17.4 Å². The van der Waals surface area contributed by atoms with Gasteiger partial charge in [0.1, 0.15) is 5.84 Å². The van der Waals surface area contributed by atoms with Crippen LogP contribution in [0, 0.1) is 5.41 Å². The van der Waals surface area contributed by atoms with Crippen LogP contribution in [0.3, 0.4) is 0 Å². The molecule has 1 heterocycles. The molecular weight excluding hydrogens is 232 g/mol. The number of nitrogens with one attached hydrogen (secondary N) is 1. The second kappa shape index (κ2) is 5.13. The molecule has 1 aromatic heterocycles. The molecule has 18 heavy (non-hydrogen) atoms. The number of nitrogens with zero attached hydrogens (tertiary/aromatic N) is 2. The maximum absolute atomic E-state index is 7.44. The molecule has 3 N–H and O–H groups in total. The van der Waals surface area contributed by atoms with Crippen molar-refractivity contribution in [3.63, 3.8) is 0 Å². The quantitative estimate of drug-likeness (QED) is 0.628. The van der Waals surface area contributed by atoms with Crippen LogP contribution >= 0.6 is 0 Å². The van der Waals surface area contributed by atoms with E-state index in [9.17, 15) is 0 Å². The first-order chi connectivity index (χ1) is 8.72. The van der Waals surface area contributed by atoms with Crippen molar-refractivity contribution < 1.29 is 9.47 Å². The zero-order valence-corrected chi connectivity index (χ0v) is 9.75. The molecule has 6 heteroatoms. The number of aromatic nitrogens is 2. The van der Waals surface area contributed by atoms with Gasteiger partial charge in [0.15, 0.2) is 11.5 Å². The van der Waals surface area contributed by atoms with Crippen LogP contribution in [0.2, 0.25) is 0 Å².